The van der Waals surface area contributed by atoms with E-state index in [0.717, 1.165) is 41.6 Å². The van der Waals surface area contributed by atoms with Crippen LogP contribution < -0.4 is 15.4 Å². The van der Waals surface area contributed by atoms with Crippen molar-refractivity contribution < 1.29 is 4.74 Å². The van der Waals surface area contributed by atoms with Crippen molar-refractivity contribution in [3.63, 3.8) is 0 Å². The van der Waals surface area contributed by atoms with Gasteiger partial charge in [0, 0.05) is 44.5 Å². The molecule has 0 saturated heterocycles. The summed E-state index contributed by atoms with van der Waals surface area (Å²) in [6.07, 6.45) is 6.62. The molecule has 27 heavy (non-hydrogen) atoms. The first-order chi connectivity index (χ1) is 13.3. The van der Waals surface area contributed by atoms with E-state index in [0.29, 0.717) is 13.2 Å². The lowest BCUT2D eigenvalue weighted by molar-refractivity contribution is 0.358. The second-order valence-corrected chi connectivity index (χ2v) is 6.01. The number of nitrogens with one attached hydrogen (secondary N) is 2. The first-order valence-corrected chi connectivity index (χ1v) is 8.99. The van der Waals surface area contributed by atoms with Crippen LogP contribution in [-0.4, -0.2) is 35.5 Å². The summed E-state index contributed by atoms with van der Waals surface area (Å²) in [4.78, 5) is 8.89. The third-order valence-corrected chi connectivity index (χ3v) is 4.09. The van der Waals surface area contributed by atoms with Gasteiger partial charge in [-0.15, -0.1) is 0 Å². The highest BCUT2D eigenvalue weighted by Crippen LogP contribution is 2.17. The Morgan fingerprint density at radius 1 is 1.22 bits per heavy atom. The number of pyridine rings is 1. The van der Waals surface area contributed by atoms with Crippen molar-refractivity contribution in [1.29, 1.82) is 0 Å². The van der Waals surface area contributed by atoms with Gasteiger partial charge in [0.1, 0.15) is 18.0 Å². The molecule has 3 rings (SSSR count). The predicted octanol–water partition coefficient (Wildman–Crippen LogP) is 2.81. The maximum atomic E-state index is 5.69. The fraction of sp³-hybridized carbons (Fsp3) is 0.238. The number of nitrogens with zero attached hydrogens (tertiary/aromatic N) is 3. The second-order valence-electron chi connectivity index (χ2n) is 6.01. The zero-order chi connectivity index (χ0) is 18.9. The number of imidazole rings is 1. The van der Waals surface area contributed by atoms with Gasteiger partial charge in [-0.3, -0.25) is 4.99 Å². The summed E-state index contributed by atoms with van der Waals surface area (Å²) in [5, 5.41) is 6.65. The van der Waals surface area contributed by atoms with Gasteiger partial charge >= 0.3 is 0 Å². The van der Waals surface area contributed by atoms with Crippen molar-refractivity contribution in [2.75, 3.05) is 20.2 Å². The van der Waals surface area contributed by atoms with Crippen LogP contribution in [0.4, 0.5) is 0 Å². The molecule has 0 spiro atoms. The van der Waals surface area contributed by atoms with Crippen molar-refractivity contribution in [1.82, 2.24) is 20.0 Å². The normalized spacial score (nSPS) is 11.4. The second kappa shape index (κ2) is 9.43. The molecule has 0 aliphatic rings. The summed E-state index contributed by atoms with van der Waals surface area (Å²) in [7, 11) is 1.76. The molecule has 0 amide bonds. The summed E-state index contributed by atoms with van der Waals surface area (Å²) >= 11 is 0. The highest BCUT2D eigenvalue weighted by molar-refractivity contribution is 5.79. The number of aliphatic imine (C=N–C) groups is 1. The molecule has 0 aliphatic heterocycles. The highest BCUT2D eigenvalue weighted by Gasteiger charge is 2.05. The molecule has 6 nitrogen and oxygen atoms in total. The molecule has 140 valence electrons. The number of hydrogen-bond donors (Lipinski definition) is 2. The van der Waals surface area contributed by atoms with E-state index in [1.54, 1.807) is 13.1 Å². The Balaban J connectivity index is 1.50. The molecule has 2 heterocycles. The van der Waals surface area contributed by atoms with E-state index in [9.17, 15) is 0 Å². The topological polar surface area (TPSA) is 63.0 Å². The Kier molecular flexibility index (Phi) is 6.46. The molecule has 2 aromatic heterocycles. The number of aromatic nitrogens is 2. The average Bonchev–Trinajstić information content (AvgIpc) is 3.12. The molecule has 0 saturated carbocycles. The summed E-state index contributed by atoms with van der Waals surface area (Å²) < 4.78 is 7.72. The van der Waals surface area contributed by atoms with Gasteiger partial charge in [-0.2, -0.15) is 0 Å². The Labute approximate surface area is 159 Å². The van der Waals surface area contributed by atoms with Gasteiger partial charge in [0.25, 0.3) is 0 Å². The summed E-state index contributed by atoms with van der Waals surface area (Å²) in [5.74, 6) is 1.60. The van der Waals surface area contributed by atoms with Gasteiger partial charge in [-0.05, 0) is 18.2 Å². The van der Waals surface area contributed by atoms with Crippen LogP contribution >= 0.6 is 0 Å². The predicted molar refractivity (Wildman–Crippen MR) is 109 cm³/mol. The SMILES string of the molecule is C=CCOc1ccccc1CNC(=NC)NCCc1cn2ccccc2n1. The Morgan fingerprint density at radius 3 is 2.89 bits per heavy atom. The average molecular weight is 363 g/mol. The lowest BCUT2D eigenvalue weighted by atomic mass is 10.2. The third kappa shape index (κ3) is 5.10. The maximum Gasteiger partial charge on any atom is 0.191 e. The van der Waals surface area contributed by atoms with Crippen LogP contribution in [-0.2, 0) is 13.0 Å². The lowest BCUT2D eigenvalue weighted by Gasteiger charge is -2.14. The summed E-state index contributed by atoms with van der Waals surface area (Å²) in [6.45, 7) is 5.55. The quantitative estimate of drug-likeness (QED) is 0.367. The first-order valence-electron chi connectivity index (χ1n) is 8.99. The van der Waals surface area contributed by atoms with E-state index >= 15 is 0 Å². The van der Waals surface area contributed by atoms with Gasteiger partial charge in [0.15, 0.2) is 5.96 Å². The van der Waals surface area contributed by atoms with Gasteiger partial charge in [0.05, 0.1) is 5.69 Å². The molecule has 0 atom stereocenters. The van der Waals surface area contributed by atoms with Crippen LogP contribution in [0.5, 0.6) is 5.75 Å². The van der Waals surface area contributed by atoms with Crippen LogP contribution in [0.1, 0.15) is 11.3 Å². The van der Waals surface area contributed by atoms with E-state index in [1.165, 1.54) is 0 Å². The molecule has 1 aromatic carbocycles. The number of hydrogen-bond acceptors (Lipinski definition) is 3. The van der Waals surface area contributed by atoms with Crippen LogP contribution in [0.2, 0.25) is 0 Å². The van der Waals surface area contributed by atoms with E-state index in [4.69, 9.17) is 4.74 Å². The number of fused-ring (bicyclic) bond motifs is 1. The van der Waals surface area contributed by atoms with E-state index < -0.39 is 0 Å². The number of para-hydroxylation sites is 1. The van der Waals surface area contributed by atoms with E-state index in [2.05, 4.69) is 33.4 Å². The van der Waals surface area contributed by atoms with Crippen LogP contribution in [0.15, 0.2) is 72.5 Å². The molecule has 2 N–H and O–H groups in total. The molecule has 6 heteroatoms. The van der Waals surface area contributed by atoms with Gasteiger partial charge < -0.3 is 19.8 Å². The van der Waals surface area contributed by atoms with Crippen molar-refractivity contribution in [3.05, 3.63) is 78.8 Å². The van der Waals surface area contributed by atoms with Gasteiger partial charge in [-0.1, -0.05) is 36.9 Å². The number of guanidine groups is 1. The molecular formula is C21H25N5O. The molecule has 0 fully saturated rings. The number of rotatable bonds is 8. The Hall–Kier alpha value is -3.28. The zero-order valence-corrected chi connectivity index (χ0v) is 15.6. The minimum Gasteiger partial charge on any atom is -0.489 e. The van der Waals surface area contributed by atoms with E-state index in [-0.39, 0.29) is 0 Å². The first kappa shape index (κ1) is 18.5. The van der Waals surface area contributed by atoms with Gasteiger partial charge in [-0.25, -0.2) is 4.98 Å². The smallest absolute Gasteiger partial charge is 0.191 e. The van der Waals surface area contributed by atoms with Gasteiger partial charge in [0.2, 0.25) is 0 Å². The summed E-state index contributed by atoms with van der Waals surface area (Å²) in [5.41, 5.74) is 3.08. The van der Waals surface area contributed by atoms with Crippen molar-refractivity contribution in [3.8, 4) is 5.75 Å². The Bertz CT molecular complexity index is 883. The largest absolute Gasteiger partial charge is 0.489 e. The zero-order valence-electron chi connectivity index (χ0n) is 15.6. The van der Waals surface area contributed by atoms with E-state index in [1.807, 2.05) is 53.1 Å². The fourth-order valence-electron chi connectivity index (χ4n) is 2.76. The molecule has 0 aliphatic carbocycles. The van der Waals surface area contributed by atoms with Crippen LogP contribution in [0.3, 0.4) is 0 Å². The molecule has 3 aromatic rings. The Morgan fingerprint density at radius 2 is 2.07 bits per heavy atom. The number of ether oxygens (including phenoxy) is 1. The molecular weight excluding hydrogens is 338 g/mol. The number of benzene rings is 1. The molecule has 0 radical (unpaired) electrons. The molecule has 0 unspecified atom stereocenters. The third-order valence-electron chi connectivity index (χ3n) is 4.09. The molecule has 0 bridgehead atoms. The highest BCUT2D eigenvalue weighted by atomic mass is 16.5. The lowest BCUT2D eigenvalue weighted by Crippen LogP contribution is -2.38. The van der Waals surface area contributed by atoms with Crippen LogP contribution in [0.25, 0.3) is 5.65 Å². The minimum absolute atomic E-state index is 0.489. The fourth-order valence-corrected chi connectivity index (χ4v) is 2.76. The monoisotopic (exact) mass is 363 g/mol. The van der Waals surface area contributed by atoms with Crippen molar-refractivity contribution >= 4 is 11.6 Å². The maximum absolute atomic E-state index is 5.69. The standard InChI is InChI=1S/C21H25N5O/c1-3-14-27-19-9-5-4-8-17(19)15-24-21(22-2)23-12-11-18-16-26-13-7-6-10-20(26)25-18/h3-10,13,16H,1,11-12,14-15H2,2H3,(H2,22,23,24). The van der Waals surface area contributed by atoms with Crippen molar-refractivity contribution in [2.24, 2.45) is 4.99 Å². The van der Waals surface area contributed by atoms with Crippen molar-refractivity contribution in [2.45, 2.75) is 13.0 Å². The van der Waals surface area contributed by atoms with Crippen LogP contribution in [0, 0.1) is 0 Å². The summed E-state index contributed by atoms with van der Waals surface area (Å²) in [6, 6.07) is 14.0. The minimum atomic E-state index is 0.489.